The highest BCUT2D eigenvalue weighted by Gasteiger charge is 2.33. The minimum atomic E-state index is -1.29. The molecule has 0 amide bonds. The fraction of sp³-hybridized carbons (Fsp3) is 0.360. The fourth-order valence-corrected chi connectivity index (χ4v) is 3.88. The average molecular weight is 408 g/mol. The predicted octanol–water partition coefficient (Wildman–Crippen LogP) is 5.07. The number of benzene rings is 2. The van der Waals surface area contributed by atoms with E-state index in [0.29, 0.717) is 11.1 Å². The van der Waals surface area contributed by atoms with Gasteiger partial charge in [-0.05, 0) is 75.2 Å². The summed E-state index contributed by atoms with van der Waals surface area (Å²) in [4.78, 5) is 25.5. The zero-order valence-corrected chi connectivity index (χ0v) is 18.7. The molecule has 0 saturated heterocycles. The number of aromatic nitrogens is 1. The zero-order chi connectivity index (χ0) is 22.4. The summed E-state index contributed by atoms with van der Waals surface area (Å²) in [6.45, 7) is 11.5. The first-order valence-electron chi connectivity index (χ1n) is 10.0. The number of hydrogen-bond donors (Lipinski definition) is 1. The summed E-state index contributed by atoms with van der Waals surface area (Å²) in [7, 11) is 1.62. The van der Waals surface area contributed by atoms with E-state index in [9.17, 15) is 14.7 Å². The lowest BCUT2D eigenvalue weighted by Crippen LogP contribution is -2.33. The van der Waals surface area contributed by atoms with Gasteiger partial charge in [-0.3, -0.25) is 4.79 Å². The highest BCUT2D eigenvalue weighted by Crippen LogP contribution is 2.38. The second kappa shape index (κ2) is 7.73. The van der Waals surface area contributed by atoms with E-state index in [2.05, 4.69) is 19.1 Å². The van der Waals surface area contributed by atoms with Gasteiger partial charge in [0, 0.05) is 18.0 Å². The van der Waals surface area contributed by atoms with Crippen molar-refractivity contribution in [1.29, 1.82) is 0 Å². The number of nitrogens with zero attached hydrogens (tertiary/aromatic N) is 1. The van der Waals surface area contributed by atoms with Crippen LogP contribution in [-0.4, -0.2) is 21.2 Å². The van der Waals surface area contributed by atoms with Crippen LogP contribution in [0.2, 0.25) is 0 Å². The van der Waals surface area contributed by atoms with E-state index in [0.717, 1.165) is 33.2 Å². The maximum absolute atomic E-state index is 13.1. The van der Waals surface area contributed by atoms with Crippen molar-refractivity contribution in [2.75, 3.05) is 0 Å². The van der Waals surface area contributed by atoms with Crippen molar-refractivity contribution < 1.29 is 14.6 Å². The lowest BCUT2D eigenvalue weighted by Gasteiger charge is -2.29. The van der Waals surface area contributed by atoms with Gasteiger partial charge in [-0.15, -0.1) is 0 Å². The first-order chi connectivity index (χ1) is 13.9. The minimum absolute atomic E-state index is 0.241. The molecule has 158 valence electrons. The van der Waals surface area contributed by atoms with E-state index >= 15 is 0 Å². The molecule has 0 aliphatic heterocycles. The standard InChI is InChI=1S/C25H29NO4/c1-14-12-16(3)19(13-15(14)2)20-17-10-8-9-11-18(17)23(27)26(7)21(20)22(24(28)29)30-25(4,5)6/h8-13,22H,1-7H3,(H,28,29). The second-order valence-electron chi connectivity index (χ2n) is 8.87. The normalized spacial score (nSPS) is 12.9. The average Bonchev–Trinajstić information content (AvgIpc) is 2.65. The monoisotopic (exact) mass is 407 g/mol. The number of pyridine rings is 1. The Morgan fingerprint density at radius 1 is 1.00 bits per heavy atom. The molecule has 1 atom stereocenters. The number of rotatable bonds is 4. The number of aryl methyl sites for hydroxylation is 3. The van der Waals surface area contributed by atoms with Crippen molar-refractivity contribution in [3.05, 3.63) is 69.1 Å². The van der Waals surface area contributed by atoms with Crippen molar-refractivity contribution >= 4 is 16.7 Å². The first-order valence-corrected chi connectivity index (χ1v) is 10.0. The van der Waals surface area contributed by atoms with E-state index in [1.165, 1.54) is 4.57 Å². The molecule has 1 aromatic heterocycles. The molecule has 2 aromatic carbocycles. The SMILES string of the molecule is Cc1cc(C)c(-c2c(C(OC(C)(C)C)C(=O)O)n(C)c(=O)c3ccccc23)cc1C. The summed E-state index contributed by atoms with van der Waals surface area (Å²) in [6.07, 6.45) is -1.29. The molecule has 0 saturated carbocycles. The van der Waals surface area contributed by atoms with Gasteiger partial charge in [0.25, 0.3) is 5.56 Å². The van der Waals surface area contributed by atoms with Gasteiger partial charge >= 0.3 is 5.97 Å². The van der Waals surface area contributed by atoms with E-state index in [-0.39, 0.29) is 5.56 Å². The summed E-state index contributed by atoms with van der Waals surface area (Å²) in [5.41, 5.74) is 4.31. The molecule has 0 aliphatic carbocycles. The Morgan fingerprint density at radius 2 is 1.57 bits per heavy atom. The van der Waals surface area contributed by atoms with Gasteiger partial charge in [-0.2, -0.15) is 0 Å². The minimum Gasteiger partial charge on any atom is -0.479 e. The maximum Gasteiger partial charge on any atom is 0.339 e. The van der Waals surface area contributed by atoms with Crippen molar-refractivity contribution in [3.63, 3.8) is 0 Å². The van der Waals surface area contributed by atoms with E-state index in [1.807, 2.05) is 52.8 Å². The molecule has 5 heteroatoms. The third kappa shape index (κ3) is 3.90. The molecular weight excluding hydrogens is 378 g/mol. The van der Waals surface area contributed by atoms with Crippen LogP contribution in [0.4, 0.5) is 0 Å². The second-order valence-corrected chi connectivity index (χ2v) is 8.87. The molecule has 1 heterocycles. The van der Waals surface area contributed by atoms with Crippen LogP contribution in [0, 0.1) is 20.8 Å². The van der Waals surface area contributed by atoms with Crippen molar-refractivity contribution in [3.8, 4) is 11.1 Å². The van der Waals surface area contributed by atoms with Gasteiger partial charge in [-0.25, -0.2) is 4.79 Å². The Balaban J connectivity index is 2.53. The van der Waals surface area contributed by atoms with E-state index in [4.69, 9.17) is 4.74 Å². The number of fused-ring (bicyclic) bond motifs is 1. The molecule has 5 nitrogen and oxygen atoms in total. The smallest absolute Gasteiger partial charge is 0.339 e. The van der Waals surface area contributed by atoms with Gasteiger partial charge < -0.3 is 14.4 Å². The lowest BCUT2D eigenvalue weighted by molar-refractivity contribution is -0.161. The Labute approximate surface area is 176 Å². The largest absolute Gasteiger partial charge is 0.479 e. The van der Waals surface area contributed by atoms with Crippen molar-refractivity contribution in [1.82, 2.24) is 4.57 Å². The first kappa shape index (κ1) is 21.8. The van der Waals surface area contributed by atoms with Crippen LogP contribution >= 0.6 is 0 Å². The topological polar surface area (TPSA) is 68.5 Å². The van der Waals surface area contributed by atoms with Crippen LogP contribution in [0.1, 0.15) is 49.3 Å². The van der Waals surface area contributed by atoms with E-state index < -0.39 is 17.7 Å². The highest BCUT2D eigenvalue weighted by molar-refractivity contribution is 5.99. The molecule has 0 fully saturated rings. The molecule has 3 rings (SSSR count). The molecule has 0 radical (unpaired) electrons. The van der Waals surface area contributed by atoms with Gasteiger partial charge in [0.15, 0.2) is 6.10 Å². The van der Waals surface area contributed by atoms with Crippen LogP contribution in [0.5, 0.6) is 0 Å². The number of carboxylic acid groups (broad SMARTS) is 1. The Morgan fingerprint density at radius 3 is 2.13 bits per heavy atom. The summed E-state index contributed by atoms with van der Waals surface area (Å²) >= 11 is 0. The molecule has 3 aromatic rings. The van der Waals surface area contributed by atoms with Gasteiger partial charge in [0.2, 0.25) is 0 Å². The molecule has 0 spiro atoms. The van der Waals surface area contributed by atoms with E-state index in [1.54, 1.807) is 13.1 Å². The third-order valence-electron chi connectivity index (χ3n) is 5.40. The fourth-order valence-electron chi connectivity index (χ4n) is 3.88. The Bertz CT molecular complexity index is 1200. The predicted molar refractivity (Wildman–Crippen MR) is 120 cm³/mol. The molecule has 30 heavy (non-hydrogen) atoms. The zero-order valence-electron chi connectivity index (χ0n) is 18.7. The van der Waals surface area contributed by atoms with Crippen LogP contribution in [0.25, 0.3) is 21.9 Å². The number of aliphatic carboxylic acids is 1. The van der Waals surface area contributed by atoms with Crippen molar-refractivity contribution in [2.45, 2.75) is 53.2 Å². The van der Waals surface area contributed by atoms with Crippen molar-refractivity contribution in [2.24, 2.45) is 7.05 Å². The van der Waals surface area contributed by atoms with Gasteiger partial charge in [0.1, 0.15) is 0 Å². The summed E-state index contributed by atoms with van der Waals surface area (Å²) in [5, 5.41) is 11.4. The molecule has 1 N–H and O–H groups in total. The summed E-state index contributed by atoms with van der Waals surface area (Å²) in [5.74, 6) is -1.13. The molecule has 0 bridgehead atoms. The van der Waals surface area contributed by atoms with Gasteiger partial charge in [-0.1, -0.05) is 30.3 Å². The molecule has 0 aliphatic rings. The van der Waals surface area contributed by atoms with Crippen LogP contribution < -0.4 is 5.56 Å². The van der Waals surface area contributed by atoms with Gasteiger partial charge in [0.05, 0.1) is 11.3 Å². The van der Waals surface area contributed by atoms with Crippen LogP contribution in [-0.2, 0) is 16.6 Å². The lowest BCUT2D eigenvalue weighted by atomic mass is 9.89. The Kier molecular flexibility index (Phi) is 5.61. The van der Waals surface area contributed by atoms with Crippen LogP contribution in [0.3, 0.4) is 0 Å². The number of hydrogen-bond acceptors (Lipinski definition) is 3. The molecular formula is C25H29NO4. The number of carbonyl (C=O) groups is 1. The third-order valence-corrected chi connectivity index (χ3v) is 5.40. The summed E-state index contributed by atoms with van der Waals surface area (Å²) < 4.78 is 7.39. The Hall–Kier alpha value is -2.92. The summed E-state index contributed by atoms with van der Waals surface area (Å²) in [6, 6.07) is 11.5. The number of carboxylic acids is 1. The maximum atomic E-state index is 13.1. The highest BCUT2D eigenvalue weighted by atomic mass is 16.5. The molecule has 1 unspecified atom stereocenters. The number of ether oxygens (including phenoxy) is 1. The quantitative estimate of drug-likeness (QED) is 0.655. The van der Waals surface area contributed by atoms with Crippen LogP contribution in [0.15, 0.2) is 41.2 Å².